The molecule has 69 heavy (non-hydrogen) atoms. The summed E-state index contributed by atoms with van der Waals surface area (Å²) in [5, 5.41) is 31.1. The van der Waals surface area contributed by atoms with Gasteiger partial charge < -0.3 is 45.1 Å². The number of allylic oxidation sites excluding steroid dienone is 11. The summed E-state index contributed by atoms with van der Waals surface area (Å²) in [6, 6.07) is 1.24. The maximum atomic E-state index is 12.8. The summed E-state index contributed by atoms with van der Waals surface area (Å²) in [5.41, 5.74) is 4.57. The Bertz CT molecular complexity index is 1950. The average molecular weight is 1010 g/mol. The Morgan fingerprint density at radius 1 is 0.783 bits per heavy atom. The van der Waals surface area contributed by atoms with E-state index in [0.29, 0.717) is 25.7 Å². The number of hydrogen-bond acceptors (Lipinski definition) is 16. The lowest BCUT2D eigenvalue weighted by Gasteiger charge is -2.21. The van der Waals surface area contributed by atoms with Crippen LogP contribution >= 0.6 is 15.6 Å². The van der Waals surface area contributed by atoms with Crippen molar-refractivity contribution < 1.29 is 71.4 Å². The van der Waals surface area contributed by atoms with Gasteiger partial charge in [-0.15, -0.1) is 0 Å². The molecule has 0 aromatic carbocycles. The van der Waals surface area contributed by atoms with Gasteiger partial charge in [-0.1, -0.05) is 125 Å². The standard InChI is InChI=1S/C48H77N3O16P2/c1-3-5-7-9-11-12-13-14-15-16-17-18-20-24-29-33-44(54)65-40(36-62-43(53)32-28-25-21-23-27-31-39(52)30-26-22-19-10-8-6-4-2)37-63-68(58,59)67-69(60,61)64-38-41-45(55)46(56)47(66-41)51-35-34-42(49)50-48(51)57/h6,8,11-12,14-15,17-19,22,26,30,34-35,39-41,45-47,52,55-56H,3-5,7,9-10,13,16,20-21,23-25,27-29,31-33,36-38H2,1-2H3,(H,58,59)(H,60,61)(H2,49,50,57)/b8-6+,12-11-,15-14-,18-17-,22-19+,30-26+/t39?,40-,41-,45-,46-,47-/m1/s1. The van der Waals surface area contributed by atoms with Crippen LogP contribution in [0.2, 0.25) is 0 Å². The van der Waals surface area contributed by atoms with Gasteiger partial charge in [0, 0.05) is 19.0 Å². The van der Waals surface area contributed by atoms with Crippen LogP contribution in [0.1, 0.15) is 142 Å². The van der Waals surface area contributed by atoms with Crippen LogP contribution < -0.4 is 11.4 Å². The second kappa shape index (κ2) is 36.1. The van der Waals surface area contributed by atoms with Crippen molar-refractivity contribution in [2.75, 3.05) is 25.6 Å². The summed E-state index contributed by atoms with van der Waals surface area (Å²) >= 11 is 0. The van der Waals surface area contributed by atoms with E-state index >= 15 is 0 Å². The number of anilines is 1. The van der Waals surface area contributed by atoms with Crippen LogP contribution in [0.5, 0.6) is 0 Å². The van der Waals surface area contributed by atoms with Crippen LogP contribution in [0.4, 0.5) is 5.82 Å². The number of phosphoric acid groups is 2. The molecule has 0 radical (unpaired) electrons. The van der Waals surface area contributed by atoms with Crippen LogP contribution in [0.3, 0.4) is 0 Å². The van der Waals surface area contributed by atoms with Gasteiger partial charge in [-0.25, -0.2) is 13.9 Å². The number of aromatic nitrogens is 2. The number of ether oxygens (including phenoxy) is 3. The summed E-state index contributed by atoms with van der Waals surface area (Å²) in [7, 11) is -10.9. The molecule has 2 rings (SSSR count). The Morgan fingerprint density at radius 3 is 2.09 bits per heavy atom. The zero-order valence-corrected chi connectivity index (χ0v) is 42.0. The molecule has 1 aliphatic rings. The minimum absolute atomic E-state index is 0.0226. The minimum Gasteiger partial charge on any atom is -0.462 e. The topological polar surface area (TPSA) is 286 Å². The monoisotopic (exact) mass is 1010 g/mol. The van der Waals surface area contributed by atoms with E-state index in [1.165, 1.54) is 25.3 Å². The van der Waals surface area contributed by atoms with Crippen molar-refractivity contribution in [3.05, 3.63) is 95.7 Å². The molecule has 1 saturated heterocycles. The first-order valence-corrected chi connectivity index (χ1v) is 27.0. The van der Waals surface area contributed by atoms with Gasteiger partial charge in [0.1, 0.15) is 30.7 Å². The normalized spacial score (nSPS) is 20.4. The number of phosphoric ester groups is 2. The third kappa shape index (κ3) is 29.2. The minimum atomic E-state index is -5.45. The predicted molar refractivity (Wildman–Crippen MR) is 262 cm³/mol. The number of unbranched alkanes of at least 4 members (excludes halogenated alkanes) is 9. The molecule has 0 bridgehead atoms. The lowest BCUT2D eigenvalue weighted by atomic mass is 10.1. The van der Waals surface area contributed by atoms with E-state index in [1.54, 1.807) is 6.08 Å². The number of esters is 2. The number of nitrogen functional groups attached to an aromatic ring is 1. The first kappa shape index (κ1) is 61.3. The highest BCUT2D eigenvalue weighted by atomic mass is 31.3. The van der Waals surface area contributed by atoms with Crippen LogP contribution in [-0.4, -0.2) is 96.9 Å². The maximum absolute atomic E-state index is 12.8. The van der Waals surface area contributed by atoms with Gasteiger partial charge in [0.25, 0.3) is 0 Å². The van der Waals surface area contributed by atoms with E-state index in [4.69, 9.17) is 29.0 Å². The van der Waals surface area contributed by atoms with Gasteiger partial charge in [0.15, 0.2) is 12.3 Å². The van der Waals surface area contributed by atoms with Crippen molar-refractivity contribution in [1.29, 1.82) is 0 Å². The molecule has 0 aliphatic carbocycles. The Balaban J connectivity index is 1.86. The Hall–Kier alpha value is -3.84. The van der Waals surface area contributed by atoms with E-state index in [1.807, 2.05) is 30.4 Å². The second-order valence-electron chi connectivity index (χ2n) is 16.4. The summed E-state index contributed by atoms with van der Waals surface area (Å²) in [4.78, 5) is 61.8. The smallest absolute Gasteiger partial charge is 0.462 e. The molecule has 390 valence electrons. The predicted octanol–water partition coefficient (Wildman–Crippen LogP) is 8.30. The van der Waals surface area contributed by atoms with Gasteiger partial charge in [-0.05, 0) is 76.7 Å². The van der Waals surface area contributed by atoms with E-state index in [0.717, 1.165) is 75.0 Å². The molecule has 0 amide bonds. The van der Waals surface area contributed by atoms with Crippen molar-refractivity contribution >= 4 is 33.4 Å². The first-order chi connectivity index (χ1) is 33.1. The third-order valence-corrected chi connectivity index (χ3v) is 13.0. The second-order valence-corrected chi connectivity index (χ2v) is 19.5. The molecular weight excluding hydrogens is 936 g/mol. The number of nitrogens with zero attached hydrogens (tertiary/aromatic N) is 2. The zero-order valence-electron chi connectivity index (χ0n) is 40.2. The number of aliphatic hydroxyl groups is 3. The van der Waals surface area contributed by atoms with Gasteiger partial charge in [-0.3, -0.25) is 23.2 Å². The lowest BCUT2D eigenvalue weighted by molar-refractivity contribution is -0.161. The molecule has 1 aromatic heterocycles. The Kier molecular flexibility index (Phi) is 32.1. The number of carbonyl (C=O) groups excluding carboxylic acids is 2. The zero-order chi connectivity index (χ0) is 50.8. The third-order valence-electron chi connectivity index (χ3n) is 10.4. The molecule has 19 nitrogen and oxygen atoms in total. The Labute approximate surface area is 407 Å². The molecule has 0 spiro atoms. The van der Waals surface area contributed by atoms with Crippen LogP contribution in [0, 0.1) is 0 Å². The molecule has 2 heterocycles. The van der Waals surface area contributed by atoms with E-state index in [2.05, 4.69) is 59.6 Å². The van der Waals surface area contributed by atoms with Crippen molar-refractivity contribution in [3.63, 3.8) is 0 Å². The van der Waals surface area contributed by atoms with Crippen molar-refractivity contribution in [2.24, 2.45) is 0 Å². The summed E-state index contributed by atoms with van der Waals surface area (Å²) in [6.07, 6.45) is 31.6. The highest BCUT2D eigenvalue weighted by Gasteiger charge is 2.46. The van der Waals surface area contributed by atoms with Crippen molar-refractivity contribution in [2.45, 2.75) is 173 Å². The summed E-state index contributed by atoms with van der Waals surface area (Å²) < 4.78 is 56.6. The van der Waals surface area contributed by atoms with E-state index in [9.17, 15) is 48.6 Å². The van der Waals surface area contributed by atoms with Crippen molar-refractivity contribution in [3.8, 4) is 0 Å². The van der Waals surface area contributed by atoms with Gasteiger partial charge in [0.2, 0.25) is 0 Å². The van der Waals surface area contributed by atoms with Gasteiger partial charge in [0.05, 0.1) is 19.3 Å². The molecule has 3 unspecified atom stereocenters. The number of carbonyl (C=O) groups is 2. The average Bonchev–Trinajstić information content (AvgIpc) is 3.58. The van der Waals surface area contributed by atoms with Crippen LogP contribution in [0.25, 0.3) is 0 Å². The lowest BCUT2D eigenvalue weighted by Crippen LogP contribution is -2.36. The molecular formula is C48H77N3O16P2. The molecule has 21 heteroatoms. The fraction of sp³-hybridized carbons (Fsp3) is 0.625. The van der Waals surface area contributed by atoms with Crippen LogP contribution in [0.15, 0.2) is 90.0 Å². The van der Waals surface area contributed by atoms with Gasteiger partial charge >= 0.3 is 33.3 Å². The maximum Gasteiger partial charge on any atom is 0.481 e. The highest BCUT2D eigenvalue weighted by molar-refractivity contribution is 7.61. The summed E-state index contributed by atoms with van der Waals surface area (Å²) in [6.45, 7) is 1.84. The fourth-order valence-corrected chi connectivity index (χ4v) is 8.73. The SMILES string of the molecule is CC/C=C/C/C=C/C=C/C(O)CCCCCCCC(=O)OC[C@H](COP(=O)(O)OP(=O)(O)OC[C@H]1O[C@@H](n2ccc(N)nc2=O)[C@H](O)[C@@H]1O)OC(=O)CCCC/C=C\C/C=C\C/C=C\CCCCC. The first-order valence-electron chi connectivity index (χ1n) is 24.1. The molecule has 1 fully saturated rings. The quantitative estimate of drug-likeness (QED) is 0.0119. The molecule has 1 aliphatic heterocycles. The summed E-state index contributed by atoms with van der Waals surface area (Å²) in [5.74, 6) is -1.43. The fourth-order valence-electron chi connectivity index (χ4n) is 6.62. The number of hydrogen-bond donors (Lipinski definition) is 6. The van der Waals surface area contributed by atoms with Crippen LogP contribution in [-0.2, 0) is 46.3 Å². The number of rotatable bonds is 38. The number of nitrogens with two attached hydrogens (primary N) is 1. The van der Waals surface area contributed by atoms with E-state index in [-0.39, 0.29) is 18.7 Å². The largest absolute Gasteiger partial charge is 0.481 e. The highest BCUT2D eigenvalue weighted by Crippen LogP contribution is 2.60. The molecule has 8 atom stereocenters. The molecule has 7 N–H and O–H groups in total. The molecule has 1 aromatic rings. The molecule has 0 saturated carbocycles. The van der Waals surface area contributed by atoms with E-state index < -0.39 is 89.8 Å². The number of aliphatic hydroxyl groups excluding tert-OH is 3. The Morgan fingerprint density at radius 2 is 1.39 bits per heavy atom. The van der Waals surface area contributed by atoms with Gasteiger partial charge in [-0.2, -0.15) is 9.29 Å². The van der Waals surface area contributed by atoms with Crippen molar-refractivity contribution in [1.82, 2.24) is 9.55 Å².